The van der Waals surface area contributed by atoms with Crippen LogP contribution >= 0.6 is 0 Å². The number of aliphatic hydroxyl groups is 1. The maximum Gasteiger partial charge on any atom is 0.0433 e. The summed E-state index contributed by atoms with van der Waals surface area (Å²) in [5.41, 5.74) is 0. The largest absolute Gasteiger partial charge is 0.396 e. The van der Waals surface area contributed by atoms with Gasteiger partial charge in [0.1, 0.15) is 0 Å². The minimum Gasteiger partial charge on any atom is -0.396 e. The number of allylic oxidation sites excluding steroid dienone is 6. The van der Waals surface area contributed by atoms with Crippen LogP contribution in [0.4, 0.5) is 0 Å². The molecule has 0 atom stereocenters. The van der Waals surface area contributed by atoms with Crippen molar-refractivity contribution in [2.24, 2.45) is 0 Å². The van der Waals surface area contributed by atoms with E-state index >= 15 is 0 Å². The quantitative estimate of drug-likeness (QED) is 0.448. The Balaban J connectivity index is 3.18. The van der Waals surface area contributed by atoms with Gasteiger partial charge >= 0.3 is 0 Å². The monoisotopic (exact) mass is 208 g/mol. The predicted molar refractivity (Wildman–Crippen MR) is 67.9 cm³/mol. The highest BCUT2D eigenvalue weighted by molar-refractivity contribution is 4.89. The molecule has 0 bridgehead atoms. The Morgan fingerprint density at radius 3 is 1.67 bits per heavy atom. The molecule has 86 valence electrons. The van der Waals surface area contributed by atoms with Gasteiger partial charge in [0.05, 0.1) is 0 Å². The van der Waals surface area contributed by atoms with Crippen LogP contribution in [0.25, 0.3) is 0 Å². The molecule has 0 unspecified atom stereocenters. The third kappa shape index (κ3) is 13.2. The van der Waals surface area contributed by atoms with E-state index in [0.717, 1.165) is 38.5 Å². The van der Waals surface area contributed by atoms with Crippen LogP contribution in [0, 0.1) is 0 Å². The summed E-state index contributed by atoms with van der Waals surface area (Å²) in [7, 11) is 0. The van der Waals surface area contributed by atoms with Crippen molar-refractivity contribution in [3.63, 3.8) is 0 Å². The number of hydrogen-bond acceptors (Lipinski definition) is 1. The normalized spacial score (nSPS) is 12.4. The lowest BCUT2D eigenvalue weighted by Crippen LogP contribution is -1.78. The fourth-order valence-electron chi connectivity index (χ4n) is 1.23. The van der Waals surface area contributed by atoms with Gasteiger partial charge in [-0.15, -0.1) is 0 Å². The van der Waals surface area contributed by atoms with E-state index in [0.29, 0.717) is 6.61 Å². The first-order chi connectivity index (χ1) is 7.41. The van der Waals surface area contributed by atoms with E-state index in [1.54, 1.807) is 0 Å². The summed E-state index contributed by atoms with van der Waals surface area (Å²) in [4.78, 5) is 0. The van der Waals surface area contributed by atoms with Crippen LogP contribution in [0.5, 0.6) is 0 Å². The van der Waals surface area contributed by atoms with Crippen LogP contribution in [0.3, 0.4) is 0 Å². The highest BCUT2D eigenvalue weighted by Crippen LogP contribution is 1.99. The maximum absolute atomic E-state index is 8.56. The fourth-order valence-corrected chi connectivity index (χ4v) is 1.23. The standard InChI is InChI=1S/C14H24O/c1-2-3-4-5-6-7-8-9-10-11-12-13-14-15/h2-3,6-7,10-11,15H,4-5,8-9,12-14H2,1H3. The molecule has 0 heterocycles. The molecule has 0 saturated carbocycles. The Bertz CT molecular complexity index is 190. The summed E-state index contributed by atoms with van der Waals surface area (Å²) in [6.45, 7) is 2.36. The zero-order valence-electron chi connectivity index (χ0n) is 9.86. The van der Waals surface area contributed by atoms with Crippen molar-refractivity contribution in [1.29, 1.82) is 0 Å². The van der Waals surface area contributed by atoms with Gasteiger partial charge in [-0.25, -0.2) is 0 Å². The summed E-state index contributed by atoms with van der Waals surface area (Å²) >= 11 is 0. The van der Waals surface area contributed by atoms with Gasteiger partial charge in [-0.2, -0.15) is 0 Å². The lowest BCUT2D eigenvalue weighted by atomic mass is 10.2. The summed E-state index contributed by atoms with van der Waals surface area (Å²) < 4.78 is 0. The van der Waals surface area contributed by atoms with E-state index in [1.807, 2.05) is 0 Å². The average molecular weight is 208 g/mol. The molecule has 1 heteroatoms. The molecule has 0 aromatic heterocycles. The highest BCUT2D eigenvalue weighted by Gasteiger charge is 1.80. The first-order valence-corrected chi connectivity index (χ1v) is 5.93. The van der Waals surface area contributed by atoms with Crippen LogP contribution < -0.4 is 0 Å². The van der Waals surface area contributed by atoms with E-state index in [2.05, 4.69) is 43.4 Å². The Hall–Kier alpha value is -0.820. The molecule has 0 rings (SSSR count). The Morgan fingerprint density at radius 2 is 1.20 bits per heavy atom. The molecule has 0 saturated heterocycles. The molecule has 0 aromatic rings. The third-order valence-corrected chi connectivity index (χ3v) is 2.10. The van der Waals surface area contributed by atoms with Crippen LogP contribution in [0.1, 0.15) is 45.4 Å². The van der Waals surface area contributed by atoms with Gasteiger partial charge in [0.2, 0.25) is 0 Å². The Labute approximate surface area is 94.2 Å². The van der Waals surface area contributed by atoms with Crippen molar-refractivity contribution in [2.75, 3.05) is 6.61 Å². The lowest BCUT2D eigenvalue weighted by molar-refractivity contribution is 0.289. The molecule has 15 heavy (non-hydrogen) atoms. The molecular formula is C14H24O. The number of aliphatic hydroxyl groups excluding tert-OH is 1. The van der Waals surface area contributed by atoms with Crippen molar-refractivity contribution in [3.05, 3.63) is 36.5 Å². The van der Waals surface area contributed by atoms with Crippen molar-refractivity contribution >= 4 is 0 Å². The fraction of sp³-hybridized carbons (Fsp3) is 0.571. The minimum absolute atomic E-state index is 0.301. The SMILES string of the molecule is CC=CCCC=CCCC=CCCCO. The summed E-state index contributed by atoms with van der Waals surface area (Å²) in [5, 5.41) is 8.56. The van der Waals surface area contributed by atoms with Gasteiger partial charge < -0.3 is 5.11 Å². The minimum atomic E-state index is 0.301. The summed E-state index contributed by atoms with van der Waals surface area (Å²) in [5.74, 6) is 0. The van der Waals surface area contributed by atoms with Crippen molar-refractivity contribution in [1.82, 2.24) is 0 Å². The van der Waals surface area contributed by atoms with Gasteiger partial charge in [-0.1, -0.05) is 36.5 Å². The van der Waals surface area contributed by atoms with Gasteiger partial charge in [0.25, 0.3) is 0 Å². The van der Waals surface area contributed by atoms with Crippen molar-refractivity contribution in [3.8, 4) is 0 Å². The molecule has 0 aliphatic rings. The van der Waals surface area contributed by atoms with Crippen LogP contribution in [-0.2, 0) is 0 Å². The van der Waals surface area contributed by atoms with Crippen LogP contribution in [0.15, 0.2) is 36.5 Å². The molecule has 0 radical (unpaired) electrons. The second kappa shape index (κ2) is 13.2. The Morgan fingerprint density at radius 1 is 0.733 bits per heavy atom. The van der Waals surface area contributed by atoms with Crippen molar-refractivity contribution in [2.45, 2.75) is 45.4 Å². The number of unbranched alkanes of at least 4 members (excludes halogenated alkanes) is 3. The molecule has 1 N–H and O–H groups in total. The number of rotatable bonds is 9. The molecule has 1 nitrogen and oxygen atoms in total. The zero-order valence-corrected chi connectivity index (χ0v) is 9.86. The van der Waals surface area contributed by atoms with Gasteiger partial charge in [0.15, 0.2) is 0 Å². The third-order valence-electron chi connectivity index (χ3n) is 2.10. The first-order valence-electron chi connectivity index (χ1n) is 5.93. The van der Waals surface area contributed by atoms with E-state index in [1.165, 1.54) is 0 Å². The Kier molecular flexibility index (Phi) is 12.5. The summed E-state index contributed by atoms with van der Waals surface area (Å²) in [6, 6.07) is 0. The van der Waals surface area contributed by atoms with E-state index < -0.39 is 0 Å². The highest BCUT2D eigenvalue weighted by atomic mass is 16.2. The topological polar surface area (TPSA) is 20.2 Å². The zero-order chi connectivity index (χ0) is 11.2. The molecule has 0 spiro atoms. The van der Waals surface area contributed by atoms with E-state index in [4.69, 9.17) is 5.11 Å². The van der Waals surface area contributed by atoms with Crippen LogP contribution in [0.2, 0.25) is 0 Å². The number of hydrogen-bond donors (Lipinski definition) is 1. The summed E-state index contributed by atoms with van der Waals surface area (Å²) in [6.07, 6.45) is 19.6. The molecule has 0 amide bonds. The van der Waals surface area contributed by atoms with Gasteiger partial charge in [-0.3, -0.25) is 0 Å². The van der Waals surface area contributed by atoms with Gasteiger partial charge in [-0.05, 0) is 45.4 Å². The molecule has 0 fully saturated rings. The molecule has 0 aliphatic heterocycles. The van der Waals surface area contributed by atoms with Gasteiger partial charge in [0, 0.05) is 6.61 Å². The average Bonchev–Trinajstić information content (AvgIpc) is 2.26. The second-order valence-corrected chi connectivity index (χ2v) is 3.53. The maximum atomic E-state index is 8.56. The molecular weight excluding hydrogens is 184 g/mol. The predicted octanol–water partition coefficient (Wildman–Crippen LogP) is 4.01. The first kappa shape index (κ1) is 14.2. The van der Waals surface area contributed by atoms with E-state index in [9.17, 15) is 0 Å². The van der Waals surface area contributed by atoms with E-state index in [-0.39, 0.29) is 0 Å². The smallest absolute Gasteiger partial charge is 0.0433 e. The second-order valence-electron chi connectivity index (χ2n) is 3.53. The molecule has 0 aliphatic carbocycles. The lowest BCUT2D eigenvalue weighted by Gasteiger charge is -1.89. The molecule has 0 aromatic carbocycles. The van der Waals surface area contributed by atoms with Crippen LogP contribution in [-0.4, -0.2) is 11.7 Å². The van der Waals surface area contributed by atoms with Crippen molar-refractivity contribution < 1.29 is 5.11 Å².